The number of hydrogen-bond donors (Lipinski definition) is 2. The zero-order valence-corrected chi connectivity index (χ0v) is 16.7. The van der Waals surface area contributed by atoms with E-state index in [2.05, 4.69) is 10.3 Å². The molecule has 0 amide bonds. The van der Waals surface area contributed by atoms with Crippen molar-refractivity contribution in [3.8, 4) is 0 Å². The lowest BCUT2D eigenvalue weighted by Crippen LogP contribution is -2.38. The number of hydrogen-bond acceptors (Lipinski definition) is 6. The normalized spacial score (nSPS) is 19.9. The number of sulfone groups is 1. The second-order valence-corrected chi connectivity index (χ2v) is 9.91. The van der Waals surface area contributed by atoms with Gasteiger partial charge >= 0.3 is 5.97 Å². The number of carboxylic acid groups (broad SMARTS) is 1. The summed E-state index contributed by atoms with van der Waals surface area (Å²) in [5, 5.41) is 12.3. The molecule has 0 aliphatic carbocycles. The zero-order chi connectivity index (χ0) is 20.0. The van der Waals surface area contributed by atoms with Crippen LogP contribution in [0.1, 0.15) is 55.6 Å². The highest BCUT2D eigenvalue weighted by Gasteiger charge is 2.29. The van der Waals surface area contributed by atoms with Gasteiger partial charge in [-0.25, -0.2) is 13.2 Å². The van der Waals surface area contributed by atoms with Gasteiger partial charge in [-0.15, -0.1) is 0 Å². The van der Waals surface area contributed by atoms with E-state index in [-0.39, 0.29) is 34.8 Å². The van der Waals surface area contributed by atoms with Crippen LogP contribution in [0.5, 0.6) is 0 Å². The third-order valence-corrected chi connectivity index (χ3v) is 6.65. The maximum atomic E-state index is 12.7. The Kier molecular flexibility index (Phi) is 7.49. The molecule has 150 valence electrons. The Bertz CT molecular complexity index is 776. The van der Waals surface area contributed by atoms with Gasteiger partial charge in [0.05, 0.1) is 28.8 Å². The fourth-order valence-electron chi connectivity index (χ4n) is 3.36. The first-order valence-corrected chi connectivity index (χ1v) is 11.1. The van der Waals surface area contributed by atoms with Gasteiger partial charge in [-0.05, 0) is 43.2 Å². The summed E-state index contributed by atoms with van der Waals surface area (Å²) in [6, 6.07) is 2.58. The molecule has 8 heteroatoms. The Balaban J connectivity index is 1.92. The second kappa shape index (κ2) is 9.41. The minimum absolute atomic E-state index is 0.0717. The Morgan fingerprint density at radius 2 is 2.11 bits per heavy atom. The molecule has 0 spiro atoms. The summed E-state index contributed by atoms with van der Waals surface area (Å²) in [7, 11) is -2.92. The van der Waals surface area contributed by atoms with Crippen LogP contribution in [0.25, 0.3) is 0 Å². The first-order valence-electron chi connectivity index (χ1n) is 9.31. The molecule has 2 N–H and O–H groups in total. The summed E-state index contributed by atoms with van der Waals surface area (Å²) in [6.45, 7) is 4.38. The van der Waals surface area contributed by atoms with Crippen LogP contribution in [-0.4, -0.2) is 47.8 Å². The Hall–Kier alpha value is -1.80. The van der Waals surface area contributed by atoms with E-state index in [0.717, 1.165) is 0 Å². The van der Waals surface area contributed by atoms with Crippen molar-refractivity contribution >= 4 is 21.6 Å². The van der Waals surface area contributed by atoms with Crippen LogP contribution in [0.2, 0.25) is 0 Å². The molecule has 0 bridgehead atoms. The van der Waals surface area contributed by atoms with Crippen molar-refractivity contribution in [3.05, 3.63) is 29.6 Å². The van der Waals surface area contributed by atoms with Crippen LogP contribution in [0.4, 0.5) is 0 Å². The first kappa shape index (κ1) is 21.5. The predicted octanol–water partition coefficient (Wildman–Crippen LogP) is 2.07. The molecule has 1 aliphatic rings. The van der Waals surface area contributed by atoms with Crippen molar-refractivity contribution in [2.45, 2.75) is 52.1 Å². The van der Waals surface area contributed by atoms with Gasteiger partial charge in [0.25, 0.3) is 0 Å². The largest absolute Gasteiger partial charge is 0.478 e. The van der Waals surface area contributed by atoms with Gasteiger partial charge in [-0.1, -0.05) is 13.8 Å². The highest BCUT2D eigenvalue weighted by Crippen LogP contribution is 2.23. The number of carbonyl (C=O) groups excluding carboxylic acids is 1. The third kappa shape index (κ3) is 7.03. The minimum atomic E-state index is -2.92. The monoisotopic (exact) mass is 396 g/mol. The third-order valence-electron chi connectivity index (χ3n) is 4.81. The highest BCUT2D eigenvalue weighted by molar-refractivity contribution is 7.91. The number of rotatable bonds is 10. The summed E-state index contributed by atoms with van der Waals surface area (Å²) < 4.78 is 23.1. The molecule has 1 unspecified atom stereocenters. The van der Waals surface area contributed by atoms with Gasteiger partial charge in [0.2, 0.25) is 0 Å². The number of carboxylic acids is 1. The quantitative estimate of drug-likeness (QED) is 0.622. The Labute approximate surface area is 160 Å². The van der Waals surface area contributed by atoms with E-state index in [1.165, 1.54) is 18.3 Å². The summed E-state index contributed by atoms with van der Waals surface area (Å²) in [4.78, 5) is 27.9. The second-order valence-electron chi connectivity index (χ2n) is 7.68. The van der Waals surface area contributed by atoms with Gasteiger partial charge in [-0.2, -0.15) is 0 Å². The van der Waals surface area contributed by atoms with Crippen molar-refractivity contribution in [2.75, 3.05) is 11.5 Å². The molecule has 1 fully saturated rings. The van der Waals surface area contributed by atoms with Gasteiger partial charge in [0.15, 0.2) is 9.84 Å². The molecule has 0 aromatic carbocycles. The lowest BCUT2D eigenvalue weighted by atomic mass is 9.94. The predicted molar refractivity (Wildman–Crippen MR) is 102 cm³/mol. The van der Waals surface area contributed by atoms with Crippen LogP contribution >= 0.6 is 0 Å². The molecule has 1 aromatic rings. The van der Waals surface area contributed by atoms with Crippen molar-refractivity contribution in [1.82, 2.24) is 10.3 Å². The average Bonchev–Trinajstić information content (AvgIpc) is 2.95. The maximum Gasteiger partial charge on any atom is 0.335 e. The fraction of sp³-hybridized carbons (Fsp3) is 0.632. The smallest absolute Gasteiger partial charge is 0.335 e. The van der Waals surface area contributed by atoms with Gasteiger partial charge in [-0.3, -0.25) is 9.78 Å². The zero-order valence-electron chi connectivity index (χ0n) is 15.8. The minimum Gasteiger partial charge on any atom is -0.478 e. The van der Waals surface area contributed by atoms with E-state index in [1.807, 2.05) is 13.8 Å². The van der Waals surface area contributed by atoms with E-state index in [1.54, 1.807) is 0 Å². The SMILES string of the molecule is CC(C)C[C@H](NCc1cc(C(=O)O)ccn1)C(=O)CCC1CCS(=O)(=O)C1. The Morgan fingerprint density at radius 3 is 2.70 bits per heavy atom. The lowest BCUT2D eigenvalue weighted by Gasteiger charge is -2.20. The average molecular weight is 397 g/mol. The summed E-state index contributed by atoms with van der Waals surface area (Å²) in [5.74, 6) is -0.133. The topological polar surface area (TPSA) is 113 Å². The van der Waals surface area contributed by atoms with Crippen molar-refractivity contribution < 1.29 is 23.1 Å². The fourth-order valence-corrected chi connectivity index (χ4v) is 5.27. The summed E-state index contributed by atoms with van der Waals surface area (Å²) in [6.07, 6.45) is 3.71. The van der Waals surface area contributed by atoms with Crippen LogP contribution < -0.4 is 5.32 Å². The van der Waals surface area contributed by atoms with E-state index in [4.69, 9.17) is 5.11 Å². The number of nitrogens with zero attached hydrogens (tertiary/aromatic N) is 1. The lowest BCUT2D eigenvalue weighted by molar-refractivity contribution is -0.121. The number of ketones is 1. The highest BCUT2D eigenvalue weighted by atomic mass is 32.2. The summed E-state index contributed by atoms with van der Waals surface area (Å²) in [5.41, 5.74) is 0.731. The van der Waals surface area contributed by atoms with E-state index in [9.17, 15) is 18.0 Å². The molecule has 7 nitrogen and oxygen atoms in total. The number of pyridine rings is 1. The van der Waals surface area contributed by atoms with Gasteiger partial charge in [0, 0.05) is 19.2 Å². The van der Waals surface area contributed by atoms with Crippen molar-refractivity contribution in [2.24, 2.45) is 11.8 Å². The number of aromatic nitrogens is 1. The maximum absolute atomic E-state index is 12.7. The van der Waals surface area contributed by atoms with E-state index in [0.29, 0.717) is 43.8 Å². The first-order chi connectivity index (χ1) is 12.7. The standard InChI is InChI=1S/C19H28N2O5S/c1-13(2)9-17(18(22)4-3-14-6-8-27(25,26)12-14)21-11-16-10-15(19(23)24)5-7-20-16/h5,7,10,13-14,17,21H,3-4,6,8-9,11-12H2,1-2H3,(H,23,24)/t14?,17-/m0/s1. The van der Waals surface area contributed by atoms with Gasteiger partial charge in [0.1, 0.15) is 5.78 Å². The van der Waals surface area contributed by atoms with Crippen molar-refractivity contribution in [3.63, 3.8) is 0 Å². The molecule has 1 aromatic heterocycles. The summed E-state index contributed by atoms with van der Waals surface area (Å²) >= 11 is 0. The van der Waals surface area contributed by atoms with E-state index >= 15 is 0 Å². The molecule has 2 rings (SSSR count). The molecular weight excluding hydrogens is 368 g/mol. The number of aromatic carboxylic acids is 1. The molecule has 2 atom stereocenters. The molecule has 0 radical (unpaired) electrons. The van der Waals surface area contributed by atoms with Crippen LogP contribution in [0, 0.1) is 11.8 Å². The molecule has 27 heavy (non-hydrogen) atoms. The van der Waals surface area contributed by atoms with Crippen molar-refractivity contribution in [1.29, 1.82) is 0 Å². The molecule has 1 saturated heterocycles. The molecule has 1 aliphatic heterocycles. The molecular formula is C19H28N2O5S. The number of nitrogens with one attached hydrogen (secondary N) is 1. The van der Waals surface area contributed by atoms with Crippen LogP contribution in [-0.2, 0) is 21.2 Å². The molecule has 2 heterocycles. The molecule has 0 saturated carbocycles. The number of carbonyl (C=O) groups is 2. The van der Waals surface area contributed by atoms with Crippen LogP contribution in [0.3, 0.4) is 0 Å². The van der Waals surface area contributed by atoms with Crippen LogP contribution in [0.15, 0.2) is 18.3 Å². The van der Waals surface area contributed by atoms with Gasteiger partial charge < -0.3 is 10.4 Å². The Morgan fingerprint density at radius 1 is 1.37 bits per heavy atom. The number of Topliss-reactive ketones (excluding diaryl/α,β-unsaturated/α-hetero) is 1. The van der Waals surface area contributed by atoms with E-state index < -0.39 is 15.8 Å².